The van der Waals surface area contributed by atoms with E-state index >= 15 is 0 Å². The second-order valence-corrected chi connectivity index (χ2v) is 3.88. The fourth-order valence-electron chi connectivity index (χ4n) is 2.24. The van der Waals surface area contributed by atoms with Gasteiger partial charge in [0.15, 0.2) is 5.78 Å². The van der Waals surface area contributed by atoms with Crippen LogP contribution in [-0.4, -0.2) is 12.4 Å². The van der Waals surface area contributed by atoms with Crippen LogP contribution in [0.3, 0.4) is 0 Å². The maximum absolute atomic E-state index is 11.3. The van der Waals surface area contributed by atoms with Gasteiger partial charge in [-0.3, -0.25) is 4.79 Å². The van der Waals surface area contributed by atoms with E-state index < -0.39 is 0 Å². The van der Waals surface area contributed by atoms with Crippen LogP contribution in [0.2, 0.25) is 0 Å². The van der Waals surface area contributed by atoms with Gasteiger partial charge in [-0.15, -0.1) is 0 Å². The number of rotatable bonds is 0. The van der Waals surface area contributed by atoms with Gasteiger partial charge in [0.2, 0.25) is 0 Å². The van der Waals surface area contributed by atoms with Gasteiger partial charge in [-0.25, -0.2) is 0 Å². The highest BCUT2D eigenvalue weighted by Gasteiger charge is 2.39. The zero-order valence-electron chi connectivity index (χ0n) is 7.54. The molecule has 0 saturated carbocycles. The number of hydrogen-bond donors (Lipinski definition) is 0. The Hall–Kier alpha value is -0.790. The molecule has 1 fully saturated rings. The molecule has 0 aromatic rings. The van der Waals surface area contributed by atoms with Crippen molar-refractivity contribution in [3.8, 4) is 0 Å². The molecular weight excluding hydrogens is 152 g/mol. The highest BCUT2D eigenvalue weighted by molar-refractivity contribution is 5.95. The molecule has 1 heterocycles. The second kappa shape index (κ2) is 2.61. The molecular formula is C10H14O2. The summed E-state index contributed by atoms with van der Waals surface area (Å²) in [6, 6.07) is 0. The van der Waals surface area contributed by atoms with Crippen molar-refractivity contribution in [3.63, 3.8) is 0 Å². The lowest BCUT2D eigenvalue weighted by molar-refractivity contribution is -0.118. The molecule has 0 bridgehead atoms. The molecule has 1 aliphatic carbocycles. The van der Waals surface area contributed by atoms with Crippen molar-refractivity contribution in [2.45, 2.75) is 20.3 Å². The van der Waals surface area contributed by atoms with Crippen molar-refractivity contribution >= 4 is 5.78 Å². The maximum Gasteiger partial charge on any atom is 0.162 e. The molecule has 0 aromatic heterocycles. The number of allylic oxidation sites excluding steroid dienone is 2. The zero-order chi connectivity index (χ0) is 8.72. The maximum atomic E-state index is 11.3. The summed E-state index contributed by atoms with van der Waals surface area (Å²) in [5.74, 6) is 2.29. The van der Waals surface area contributed by atoms with E-state index in [2.05, 4.69) is 6.92 Å². The van der Waals surface area contributed by atoms with Gasteiger partial charge in [-0.1, -0.05) is 13.8 Å². The number of fused-ring (bicyclic) bond motifs is 1. The molecule has 2 nitrogen and oxygen atoms in total. The minimum absolute atomic E-state index is 0.148. The molecule has 2 heteroatoms. The number of hydrogen-bond acceptors (Lipinski definition) is 2. The van der Waals surface area contributed by atoms with Crippen molar-refractivity contribution in [3.05, 3.63) is 11.8 Å². The Morgan fingerprint density at radius 2 is 2.25 bits per heavy atom. The summed E-state index contributed by atoms with van der Waals surface area (Å²) in [7, 11) is 0. The lowest BCUT2D eigenvalue weighted by atomic mass is 9.82. The predicted molar refractivity (Wildman–Crippen MR) is 45.5 cm³/mol. The number of ether oxygens (including phenoxy) is 1. The highest BCUT2D eigenvalue weighted by Crippen LogP contribution is 2.40. The first kappa shape index (κ1) is 7.84. The van der Waals surface area contributed by atoms with Crippen molar-refractivity contribution in [1.82, 2.24) is 0 Å². The first-order valence-electron chi connectivity index (χ1n) is 4.58. The van der Waals surface area contributed by atoms with Crippen molar-refractivity contribution in [2.75, 3.05) is 6.61 Å². The normalized spacial score (nSPS) is 40.3. The largest absolute Gasteiger partial charge is 0.497 e. The van der Waals surface area contributed by atoms with Crippen LogP contribution in [0.15, 0.2) is 11.8 Å². The van der Waals surface area contributed by atoms with Crippen LogP contribution < -0.4 is 0 Å². The summed E-state index contributed by atoms with van der Waals surface area (Å²) in [5, 5.41) is 0. The van der Waals surface area contributed by atoms with E-state index in [4.69, 9.17) is 4.74 Å². The number of carbonyl (C=O) groups is 1. The molecule has 2 aliphatic rings. The van der Waals surface area contributed by atoms with Crippen LogP contribution in [-0.2, 0) is 9.53 Å². The third-order valence-corrected chi connectivity index (χ3v) is 3.06. The molecule has 1 saturated heterocycles. The van der Waals surface area contributed by atoms with E-state index in [1.165, 1.54) is 0 Å². The van der Waals surface area contributed by atoms with Gasteiger partial charge in [0.25, 0.3) is 0 Å². The van der Waals surface area contributed by atoms with E-state index in [0.29, 0.717) is 11.8 Å². The van der Waals surface area contributed by atoms with Crippen LogP contribution >= 0.6 is 0 Å². The van der Waals surface area contributed by atoms with Crippen molar-refractivity contribution in [1.29, 1.82) is 0 Å². The third-order valence-electron chi connectivity index (χ3n) is 3.06. The summed E-state index contributed by atoms with van der Waals surface area (Å²) in [4.78, 5) is 11.3. The number of ketones is 1. The molecule has 0 unspecified atom stereocenters. The smallest absolute Gasteiger partial charge is 0.162 e. The Morgan fingerprint density at radius 1 is 1.50 bits per heavy atom. The summed E-state index contributed by atoms with van der Waals surface area (Å²) in [6.45, 7) is 4.99. The predicted octanol–water partition coefficient (Wildman–Crippen LogP) is 1.76. The van der Waals surface area contributed by atoms with Gasteiger partial charge >= 0.3 is 0 Å². The Bertz CT molecular complexity index is 242. The summed E-state index contributed by atoms with van der Waals surface area (Å²) in [5.41, 5.74) is 0. The van der Waals surface area contributed by atoms with E-state index in [9.17, 15) is 4.79 Å². The van der Waals surface area contributed by atoms with Gasteiger partial charge in [0.1, 0.15) is 5.76 Å². The lowest BCUT2D eigenvalue weighted by Gasteiger charge is -2.30. The van der Waals surface area contributed by atoms with E-state index in [1.807, 2.05) is 6.92 Å². The van der Waals surface area contributed by atoms with Gasteiger partial charge in [-0.05, 0) is 12.3 Å². The Labute approximate surface area is 72.6 Å². The average molecular weight is 166 g/mol. The van der Waals surface area contributed by atoms with Crippen LogP contribution in [0.5, 0.6) is 0 Å². The standard InChI is InChI=1S/C10H14O2/c1-6-3-4-12-9-5-8(11)7(2)10(6)9/h5-7,10H,3-4H2,1-2H3/t6-,7+,10-/m0/s1. The SMILES string of the molecule is C[C@@H]1C(=O)C=C2OCC[C@H](C)[C@H]21. The van der Waals surface area contributed by atoms with Gasteiger partial charge < -0.3 is 4.74 Å². The van der Waals surface area contributed by atoms with Crippen LogP contribution in [0.25, 0.3) is 0 Å². The fraction of sp³-hybridized carbons (Fsp3) is 0.700. The topological polar surface area (TPSA) is 26.3 Å². The first-order valence-corrected chi connectivity index (χ1v) is 4.58. The summed E-state index contributed by atoms with van der Waals surface area (Å²) < 4.78 is 5.45. The van der Waals surface area contributed by atoms with E-state index in [-0.39, 0.29) is 11.7 Å². The minimum atomic E-state index is 0.148. The molecule has 2 rings (SSSR count). The van der Waals surface area contributed by atoms with Crippen molar-refractivity contribution in [2.24, 2.45) is 17.8 Å². The number of carbonyl (C=O) groups excluding carboxylic acids is 1. The van der Waals surface area contributed by atoms with Gasteiger partial charge in [-0.2, -0.15) is 0 Å². The van der Waals surface area contributed by atoms with Gasteiger partial charge in [0.05, 0.1) is 6.61 Å². The quantitative estimate of drug-likeness (QED) is 0.548. The molecule has 1 aliphatic heterocycles. The summed E-state index contributed by atoms with van der Waals surface area (Å²) in [6.07, 6.45) is 2.77. The zero-order valence-corrected chi connectivity index (χ0v) is 7.54. The molecule has 3 atom stereocenters. The lowest BCUT2D eigenvalue weighted by Crippen LogP contribution is -2.26. The Morgan fingerprint density at radius 3 is 2.92 bits per heavy atom. The molecule has 0 aromatic carbocycles. The molecule has 0 radical (unpaired) electrons. The summed E-state index contributed by atoms with van der Waals surface area (Å²) >= 11 is 0. The molecule has 0 N–H and O–H groups in total. The molecule has 12 heavy (non-hydrogen) atoms. The molecule has 66 valence electrons. The monoisotopic (exact) mass is 166 g/mol. The van der Waals surface area contributed by atoms with E-state index in [0.717, 1.165) is 18.8 Å². The average Bonchev–Trinajstić information content (AvgIpc) is 2.29. The first-order chi connectivity index (χ1) is 5.70. The molecule has 0 spiro atoms. The Kier molecular flexibility index (Phi) is 1.71. The Balaban J connectivity index is 2.27. The van der Waals surface area contributed by atoms with Gasteiger partial charge in [0, 0.05) is 17.9 Å². The minimum Gasteiger partial charge on any atom is -0.497 e. The fourth-order valence-corrected chi connectivity index (χ4v) is 2.24. The van der Waals surface area contributed by atoms with Crippen LogP contribution in [0.4, 0.5) is 0 Å². The van der Waals surface area contributed by atoms with E-state index in [1.54, 1.807) is 6.08 Å². The second-order valence-electron chi connectivity index (χ2n) is 3.88. The molecule has 0 amide bonds. The van der Waals surface area contributed by atoms with Crippen LogP contribution in [0, 0.1) is 17.8 Å². The third kappa shape index (κ3) is 0.977. The van der Waals surface area contributed by atoms with Crippen LogP contribution in [0.1, 0.15) is 20.3 Å². The van der Waals surface area contributed by atoms with Crippen molar-refractivity contribution < 1.29 is 9.53 Å². The highest BCUT2D eigenvalue weighted by atomic mass is 16.5.